The zero-order chi connectivity index (χ0) is 30.5. The first-order valence-corrected chi connectivity index (χ1v) is 14.5. The monoisotopic (exact) mass is 588 g/mol. The fourth-order valence-electron chi connectivity index (χ4n) is 5.75. The van der Waals surface area contributed by atoms with Gasteiger partial charge in [-0.25, -0.2) is 19.6 Å². The lowest BCUT2D eigenvalue weighted by molar-refractivity contribution is 0.0827. The number of hydrogen-bond donors (Lipinski definition) is 1. The number of likely N-dealkylation sites (N-methyl/N-ethyl adjacent to an activating group) is 1. The fourth-order valence-corrected chi connectivity index (χ4v) is 5.75. The molecule has 1 aliphatic heterocycles. The smallest absolute Gasteiger partial charge is 0.284 e. The zero-order valence-electron chi connectivity index (χ0n) is 25.0. The van der Waals surface area contributed by atoms with Gasteiger partial charge in [0.1, 0.15) is 5.39 Å². The second-order valence-corrected chi connectivity index (χ2v) is 11.3. The standard InChI is InChI=1S/C32H32N10O2/c1-20-17-22(9-11-25(20)40-15-13-39(4)14-16-40)35-32-34-19-24-28(37-32)36-29-23-10-8-21(30(43)38(2)3)18-26(23)41(42(29)31(24)44)27-7-5-6-12-33-27/h5-12,17-19H,13-16H2,1-4H3,(H,34,35,37). The minimum absolute atomic E-state index is 0.149. The van der Waals surface area contributed by atoms with Crippen LogP contribution in [0.5, 0.6) is 0 Å². The van der Waals surface area contributed by atoms with Crippen molar-refractivity contribution in [2.24, 2.45) is 0 Å². The van der Waals surface area contributed by atoms with Gasteiger partial charge in [-0.2, -0.15) is 9.50 Å². The number of hydrogen-bond acceptors (Lipinski definition) is 9. The van der Waals surface area contributed by atoms with E-state index in [1.165, 1.54) is 21.3 Å². The first-order chi connectivity index (χ1) is 21.3. The van der Waals surface area contributed by atoms with Crippen LogP contribution in [0, 0.1) is 6.92 Å². The summed E-state index contributed by atoms with van der Waals surface area (Å²) >= 11 is 0. The molecule has 0 bridgehead atoms. The molecular weight excluding hydrogens is 556 g/mol. The van der Waals surface area contributed by atoms with Crippen LogP contribution in [0.15, 0.2) is 71.8 Å². The highest BCUT2D eigenvalue weighted by atomic mass is 16.2. The summed E-state index contributed by atoms with van der Waals surface area (Å²) < 4.78 is 3.15. The number of pyridine rings is 1. The average Bonchev–Trinajstić information content (AvgIpc) is 3.35. The van der Waals surface area contributed by atoms with Crippen molar-refractivity contribution >= 4 is 50.8 Å². The van der Waals surface area contributed by atoms with Crippen LogP contribution in [0.3, 0.4) is 0 Å². The molecule has 0 radical (unpaired) electrons. The number of aryl methyl sites for hydroxylation is 1. The Labute approximate surface area is 253 Å². The summed E-state index contributed by atoms with van der Waals surface area (Å²) in [7, 11) is 5.55. The molecule has 6 aromatic rings. The molecular formula is C32H32N10O2. The molecule has 1 saturated heterocycles. The van der Waals surface area contributed by atoms with E-state index in [0.29, 0.717) is 33.9 Å². The third-order valence-electron chi connectivity index (χ3n) is 8.09. The molecule has 0 aliphatic carbocycles. The van der Waals surface area contributed by atoms with Gasteiger partial charge in [-0.15, -0.1) is 0 Å². The van der Waals surface area contributed by atoms with Gasteiger partial charge in [-0.05, 0) is 68.1 Å². The predicted octanol–water partition coefficient (Wildman–Crippen LogP) is 3.48. The number of piperazine rings is 1. The van der Waals surface area contributed by atoms with Crippen LogP contribution in [0.25, 0.3) is 33.4 Å². The van der Waals surface area contributed by atoms with E-state index in [4.69, 9.17) is 4.98 Å². The first kappa shape index (κ1) is 27.5. The van der Waals surface area contributed by atoms with Crippen molar-refractivity contribution in [1.82, 2.24) is 38.9 Å². The quantitative estimate of drug-likeness (QED) is 0.323. The molecule has 0 unspecified atom stereocenters. The minimum atomic E-state index is -0.341. The second kappa shape index (κ2) is 10.7. The summed E-state index contributed by atoms with van der Waals surface area (Å²) in [4.78, 5) is 51.5. The summed E-state index contributed by atoms with van der Waals surface area (Å²) in [6, 6.07) is 17.0. The van der Waals surface area contributed by atoms with Gasteiger partial charge in [0.2, 0.25) is 5.95 Å². The molecule has 12 nitrogen and oxygen atoms in total. The molecule has 1 aliphatic rings. The number of nitrogens with one attached hydrogen (secondary N) is 1. The van der Waals surface area contributed by atoms with E-state index in [9.17, 15) is 9.59 Å². The van der Waals surface area contributed by atoms with E-state index in [0.717, 1.165) is 37.4 Å². The average molecular weight is 589 g/mol. The van der Waals surface area contributed by atoms with Crippen LogP contribution < -0.4 is 15.8 Å². The Balaban J connectivity index is 1.32. The molecule has 0 atom stereocenters. The number of rotatable bonds is 5. The molecule has 4 aromatic heterocycles. The predicted molar refractivity (Wildman–Crippen MR) is 171 cm³/mol. The number of amides is 1. The Bertz CT molecular complexity index is 2110. The summed E-state index contributed by atoms with van der Waals surface area (Å²) in [6.45, 7) is 6.18. The molecule has 0 spiro atoms. The van der Waals surface area contributed by atoms with Gasteiger partial charge in [-0.1, -0.05) is 6.07 Å². The molecule has 1 N–H and O–H groups in total. The highest BCUT2D eigenvalue weighted by Gasteiger charge is 2.21. The van der Waals surface area contributed by atoms with Crippen molar-refractivity contribution in [2.45, 2.75) is 6.92 Å². The zero-order valence-corrected chi connectivity index (χ0v) is 25.0. The third kappa shape index (κ3) is 4.69. The maximum absolute atomic E-state index is 14.0. The van der Waals surface area contributed by atoms with Crippen LogP contribution in [-0.4, -0.2) is 92.2 Å². The summed E-state index contributed by atoms with van der Waals surface area (Å²) in [5.41, 5.74) is 4.68. The highest BCUT2D eigenvalue weighted by molar-refractivity contribution is 6.02. The Kier molecular flexibility index (Phi) is 6.70. The lowest BCUT2D eigenvalue weighted by Gasteiger charge is -2.35. The van der Waals surface area contributed by atoms with Crippen LogP contribution in [0.1, 0.15) is 15.9 Å². The molecule has 12 heteroatoms. The van der Waals surface area contributed by atoms with Crippen LogP contribution in [0.4, 0.5) is 17.3 Å². The number of carbonyl (C=O) groups is 1. The maximum atomic E-state index is 14.0. The van der Waals surface area contributed by atoms with Crippen molar-refractivity contribution in [3.05, 3.63) is 88.5 Å². The van der Waals surface area contributed by atoms with Gasteiger partial charge in [0, 0.05) is 75.0 Å². The Hall–Kier alpha value is -5.36. The van der Waals surface area contributed by atoms with Gasteiger partial charge in [0.15, 0.2) is 17.1 Å². The van der Waals surface area contributed by atoms with Gasteiger partial charge < -0.3 is 20.0 Å². The third-order valence-corrected chi connectivity index (χ3v) is 8.09. The molecule has 1 amide bonds. The van der Waals surface area contributed by atoms with Gasteiger partial charge in [0.25, 0.3) is 11.5 Å². The van der Waals surface area contributed by atoms with Crippen molar-refractivity contribution < 1.29 is 4.79 Å². The van der Waals surface area contributed by atoms with E-state index in [2.05, 4.69) is 56.2 Å². The lowest BCUT2D eigenvalue weighted by Crippen LogP contribution is -2.44. The number of nitrogens with zero attached hydrogens (tertiary/aromatic N) is 9. The largest absolute Gasteiger partial charge is 0.369 e. The minimum Gasteiger partial charge on any atom is -0.369 e. The van der Waals surface area contributed by atoms with E-state index in [-0.39, 0.29) is 22.5 Å². The van der Waals surface area contributed by atoms with Crippen LogP contribution >= 0.6 is 0 Å². The number of benzene rings is 2. The fraction of sp³-hybridized carbons (Fsp3) is 0.250. The lowest BCUT2D eigenvalue weighted by atomic mass is 10.1. The van der Waals surface area contributed by atoms with Crippen LogP contribution in [0.2, 0.25) is 0 Å². The summed E-state index contributed by atoms with van der Waals surface area (Å²) in [5, 5.41) is 4.24. The molecule has 2 aromatic carbocycles. The maximum Gasteiger partial charge on any atom is 0.284 e. The van der Waals surface area contributed by atoms with E-state index < -0.39 is 0 Å². The van der Waals surface area contributed by atoms with Crippen molar-refractivity contribution in [3.8, 4) is 5.82 Å². The van der Waals surface area contributed by atoms with Gasteiger partial charge in [0.05, 0.1) is 5.52 Å². The topological polar surface area (TPSA) is 117 Å². The Morgan fingerprint density at radius 2 is 1.75 bits per heavy atom. The molecule has 44 heavy (non-hydrogen) atoms. The van der Waals surface area contributed by atoms with E-state index in [1.807, 2.05) is 18.2 Å². The van der Waals surface area contributed by atoms with Crippen molar-refractivity contribution in [2.75, 3.05) is 57.5 Å². The molecule has 1 fully saturated rings. The summed E-state index contributed by atoms with van der Waals surface area (Å²) in [5.74, 6) is 0.705. The van der Waals surface area contributed by atoms with Crippen molar-refractivity contribution in [1.29, 1.82) is 0 Å². The normalized spacial score (nSPS) is 14.0. The molecule has 5 heterocycles. The SMILES string of the molecule is Cc1cc(Nc2ncc3c(=O)n4c(nc3n2)c2ccc(C(=O)N(C)C)cc2n4-c2ccccn2)ccc1N1CCN(C)CC1. The van der Waals surface area contributed by atoms with E-state index in [1.54, 1.807) is 49.2 Å². The number of aromatic nitrogens is 6. The number of carbonyl (C=O) groups excluding carboxylic acids is 1. The van der Waals surface area contributed by atoms with E-state index >= 15 is 0 Å². The molecule has 0 saturated carbocycles. The van der Waals surface area contributed by atoms with Crippen LogP contribution in [-0.2, 0) is 0 Å². The number of fused-ring (bicyclic) bond motifs is 4. The highest BCUT2D eigenvalue weighted by Crippen LogP contribution is 2.28. The molecule has 222 valence electrons. The Morgan fingerprint density at radius 3 is 2.48 bits per heavy atom. The van der Waals surface area contributed by atoms with Gasteiger partial charge >= 0.3 is 0 Å². The number of anilines is 3. The van der Waals surface area contributed by atoms with Crippen molar-refractivity contribution in [3.63, 3.8) is 0 Å². The van der Waals surface area contributed by atoms with Gasteiger partial charge in [-0.3, -0.25) is 9.59 Å². The Morgan fingerprint density at radius 1 is 0.932 bits per heavy atom. The first-order valence-electron chi connectivity index (χ1n) is 14.5. The summed E-state index contributed by atoms with van der Waals surface area (Å²) in [6.07, 6.45) is 3.15. The second-order valence-electron chi connectivity index (χ2n) is 11.3. The molecule has 7 rings (SSSR count).